The molecule has 1 aromatic carbocycles. The molecule has 7 heteroatoms. The van der Waals surface area contributed by atoms with E-state index in [0.717, 1.165) is 12.1 Å². The zero-order valence-electron chi connectivity index (χ0n) is 14.0. The standard InChI is InChI=1S/C17H20F3N3O/c1-5-12(15(9-21)24-10(2)3)16-22-13-8-11(17(18,19)20)6-7-14(13)23(16)4/h5-10H,21H2,1-4H3/b12-5+,15-9+. The minimum absolute atomic E-state index is 0.0960. The zero-order chi connectivity index (χ0) is 18.1. The number of fused-ring (bicyclic) bond motifs is 1. The van der Waals surface area contributed by atoms with E-state index in [0.29, 0.717) is 22.7 Å². The quantitative estimate of drug-likeness (QED) is 0.670. The van der Waals surface area contributed by atoms with Crippen molar-refractivity contribution in [2.75, 3.05) is 0 Å². The lowest BCUT2D eigenvalue weighted by Gasteiger charge is -2.16. The highest BCUT2D eigenvalue weighted by Crippen LogP contribution is 2.33. The maximum absolute atomic E-state index is 12.9. The molecule has 0 unspecified atom stereocenters. The topological polar surface area (TPSA) is 53.1 Å². The highest BCUT2D eigenvalue weighted by atomic mass is 19.4. The van der Waals surface area contributed by atoms with Crippen LogP contribution in [0.25, 0.3) is 16.6 Å². The number of nitrogens with two attached hydrogens (primary N) is 1. The number of nitrogens with zero attached hydrogens (tertiary/aromatic N) is 2. The Morgan fingerprint density at radius 1 is 1.33 bits per heavy atom. The van der Waals surface area contributed by atoms with Crippen molar-refractivity contribution in [3.8, 4) is 0 Å². The van der Waals surface area contributed by atoms with Gasteiger partial charge in [-0.2, -0.15) is 13.2 Å². The fourth-order valence-corrected chi connectivity index (χ4v) is 2.45. The van der Waals surface area contributed by atoms with Crippen molar-refractivity contribution in [3.05, 3.63) is 47.6 Å². The van der Waals surface area contributed by atoms with Crippen molar-refractivity contribution in [1.82, 2.24) is 9.55 Å². The molecule has 0 fully saturated rings. The molecule has 0 aliphatic heterocycles. The van der Waals surface area contributed by atoms with E-state index in [1.807, 2.05) is 13.8 Å². The average Bonchev–Trinajstić information content (AvgIpc) is 2.82. The molecule has 0 saturated carbocycles. The third-order valence-corrected chi connectivity index (χ3v) is 3.52. The van der Waals surface area contributed by atoms with Crippen LogP contribution in [-0.2, 0) is 18.0 Å². The van der Waals surface area contributed by atoms with Gasteiger partial charge in [-0.05, 0) is 39.0 Å². The summed E-state index contributed by atoms with van der Waals surface area (Å²) in [5, 5.41) is 0. The monoisotopic (exact) mass is 339 g/mol. The average molecular weight is 339 g/mol. The molecule has 0 amide bonds. The largest absolute Gasteiger partial charge is 0.489 e. The van der Waals surface area contributed by atoms with Gasteiger partial charge in [-0.25, -0.2) is 4.98 Å². The number of allylic oxidation sites excluding steroid dienone is 2. The van der Waals surface area contributed by atoms with E-state index < -0.39 is 11.7 Å². The smallest absolute Gasteiger partial charge is 0.416 e. The maximum atomic E-state index is 12.9. The zero-order valence-corrected chi connectivity index (χ0v) is 14.0. The summed E-state index contributed by atoms with van der Waals surface area (Å²) in [5.41, 5.74) is 6.41. The van der Waals surface area contributed by atoms with Crippen molar-refractivity contribution < 1.29 is 17.9 Å². The number of benzene rings is 1. The summed E-state index contributed by atoms with van der Waals surface area (Å²) in [4.78, 5) is 4.35. The second-order valence-corrected chi connectivity index (χ2v) is 5.60. The first-order valence-electron chi connectivity index (χ1n) is 7.48. The first-order valence-corrected chi connectivity index (χ1v) is 7.48. The lowest BCUT2D eigenvalue weighted by molar-refractivity contribution is -0.137. The molecule has 2 rings (SSSR count). The van der Waals surface area contributed by atoms with Crippen LogP contribution in [0.15, 0.2) is 36.2 Å². The fraction of sp³-hybridized carbons (Fsp3) is 0.353. The molecule has 0 atom stereocenters. The van der Waals surface area contributed by atoms with Crippen molar-refractivity contribution >= 4 is 16.6 Å². The Balaban J connectivity index is 2.57. The number of aromatic nitrogens is 2. The highest BCUT2D eigenvalue weighted by molar-refractivity contribution is 5.83. The Morgan fingerprint density at radius 3 is 2.50 bits per heavy atom. The van der Waals surface area contributed by atoms with E-state index in [-0.39, 0.29) is 11.6 Å². The maximum Gasteiger partial charge on any atom is 0.416 e. The lowest BCUT2D eigenvalue weighted by Crippen LogP contribution is -2.08. The van der Waals surface area contributed by atoms with Crippen LogP contribution >= 0.6 is 0 Å². The number of aryl methyl sites for hydroxylation is 1. The van der Waals surface area contributed by atoms with Gasteiger partial charge in [-0.1, -0.05) is 6.08 Å². The van der Waals surface area contributed by atoms with Crippen LogP contribution in [0.3, 0.4) is 0 Å². The van der Waals surface area contributed by atoms with Gasteiger partial charge in [0, 0.05) is 13.2 Å². The second-order valence-electron chi connectivity index (χ2n) is 5.60. The van der Waals surface area contributed by atoms with E-state index in [9.17, 15) is 13.2 Å². The van der Waals surface area contributed by atoms with Gasteiger partial charge in [0.15, 0.2) is 0 Å². The molecule has 0 saturated heterocycles. The molecule has 0 radical (unpaired) electrons. The SMILES string of the molecule is C/C=C(\C(=C/N)OC(C)C)c1nc2cc(C(F)(F)F)ccc2n1C. The molecule has 4 nitrogen and oxygen atoms in total. The van der Waals surface area contributed by atoms with Crippen molar-refractivity contribution in [2.45, 2.75) is 33.1 Å². The van der Waals surface area contributed by atoms with Crippen molar-refractivity contribution in [2.24, 2.45) is 12.8 Å². The van der Waals surface area contributed by atoms with Gasteiger partial charge >= 0.3 is 6.18 Å². The van der Waals surface area contributed by atoms with E-state index >= 15 is 0 Å². The van der Waals surface area contributed by atoms with Crippen LogP contribution < -0.4 is 5.73 Å². The Kier molecular flexibility index (Phi) is 4.91. The van der Waals surface area contributed by atoms with Crippen LogP contribution in [0, 0.1) is 0 Å². The molecule has 2 N–H and O–H groups in total. The Bertz CT molecular complexity index is 801. The molecular weight excluding hydrogens is 319 g/mol. The van der Waals surface area contributed by atoms with Crippen LogP contribution in [0.5, 0.6) is 0 Å². The summed E-state index contributed by atoms with van der Waals surface area (Å²) in [7, 11) is 1.74. The first kappa shape index (κ1) is 17.9. The summed E-state index contributed by atoms with van der Waals surface area (Å²) in [6, 6.07) is 3.51. The Morgan fingerprint density at radius 2 is 2.00 bits per heavy atom. The van der Waals surface area contributed by atoms with Gasteiger partial charge in [0.1, 0.15) is 11.6 Å². The molecule has 1 aromatic heterocycles. The fourth-order valence-electron chi connectivity index (χ4n) is 2.45. The number of hydrogen-bond acceptors (Lipinski definition) is 3. The van der Waals surface area contributed by atoms with Gasteiger partial charge in [0.25, 0.3) is 0 Å². The molecule has 0 spiro atoms. The van der Waals surface area contributed by atoms with E-state index in [2.05, 4.69) is 4.98 Å². The molecule has 0 aliphatic rings. The summed E-state index contributed by atoms with van der Waals surface area (Å²) < 4.78 is 46.0. The second kappa shape index (κ2) is 6.59. The van der Waals surface area contributed by atoms with Crippen LogP contribution in [0.1, 0.15) is 32.2 Å². The number of ether oxygens (including phenoxy) is 1. The minimum Gasteiger partial charge on any atom is -0.489 e. The lowest BCUT2D eigenvalue weighted by atomic mass is 10.2. The molecule has 0 bridgehead atoms. The third-order valence-electron chi connectivity index (χ3n) is 3.52. The van der Waals surface area contributed by atoms with Crippen molar-refractivity contribution in [3.63, 3.8) is 0 Å². The predicted octanol–water partition coefficient (Wildman–Crippen LogP) is 4.22. The molecule has 130 valence electrons. The summed E-state index contributed by atoms with van der Waals surface area (Å²) in [6.45, 7) is 5.52. The molecule has 0 aliphatic carbocycles. The van der Waals surface area contributed by atoms with E-state index in [1.54, 1.807) is 24.6 Å². The highest BCUT2D eigenvalue weighted by Gasteiger charge is 2.31. The van der Waals surface area contributed by atoms with Gasteiger partial charge < -0.3 is 15.0 Å². The van der Waals surface area contributed by atoms with Gasteiger partial charge in [0.2, 0.25) is 0 Å². The van der Waals surface area contributed by atoms with Gasteiger partial charge in [-0.15, -0.1) is 0 Å². The predicted molar refractivity (Wildman–Crippen MR) is 87.9 cm³/mol. The van der Waals surface area contributed by atoms with Crippen LogP contribution in [-0.4, -0.2) is 15.7 Å². The first-order chi connectivity index (χ1) is 11.2. The molecular formula is C17H20F3N3O. The molecule has 1 heterocycles. The summed E-state index contributed by atoms with van der Waals surface area (Å²) >= 11 is 0. The van der Waals surface area contributed by atoms with E-state index in [4.69, 9.17) is 10.5 Å². The van der Waals surface area contributed by atoms with Crippen LogP contribution in [0.4, 0.5) is 13.2 Å². The third kappa shape index (κ3) is 3.39. The number of rotatable bonds is 4. The summed E-state index contributed by atoms with van der Waals surface area (Å²) in [5.74, 6) is 0.922. The molecule has 24 heavy (non-hydrogen) atoms. The normalized spacial score (nSPS) is 13.8. The number of imidazole rings is 1. The summed E-state index contributed by atoms with van der Waals surface area (Å²) in [6.07, 6.45) is -1.40. The number of halogens is 3. The van der Waals surface area contributed by atoms with Crippen molar-refractivity contribution in [1.29, 1.82) is 0 Å². The minimum atomic E-state index is -4.40. The Labute approximate surface area is 138 Å². The number of alkyl halides is 3. The van der Waals surface area contributed by atoms with Gasteiger partial charge in [0.05, 0.1) is 28.3 Å². The van der Waals surface area contributed by atoms with E-state index in [1.165, 1.54) is 12.3 Å². The number of hydrogen-bond donors (Lipinski definition) is 1. The van der Waals surface area contributed by atoms with Crippen LogP contribution in [0.2, 0.25) is 0 Å². The Hall–Kier alpha value is -2.44. The van der Waals surface area contributed by atoms with Gasteiger partial charge in [-0.3, -0.25) is 0 Å². The molecule has 2 aromatic rings.